The zero-order chi connectivity index (χ0) is 26.0. The van der Waals surface area contributed by atoms with Crippen molar-refractivity contribution in [1.29, 1.82) is 0 Å². The second kappa shape index (κ2) is 9.48. The van der Waals surface area contributed by atoms with Crippen LogP contribution in [-0.2, 0) is 9.53 Å². The van der Waals surface area contributed by atoms with Crippen molar-refractivity contribution in [3.8, 4) is 0 Å². The average Bonchev–Trinajstić information content (AvgIpc) is 2.73. The van der Waals surface area contributed by atoms with Crippen molar-refractivity contribution in [1.82, 2.24) is 0 Å². The van der Waals surface area contributed by atoms with E-state index in [1.807, 2.05) is 0 Å². The van der Waals surface area contributed by atoms with Crippen molar-refractivity contribution in [2.75, 3.05) is 18.6 Å². The van der Waals surface area contributed by atoms with Crippen molar-refractivity contribution in [2.45, 2.75) is 36.8 Å². The maximum atomic E-state index is 15.1. The number of rotatable bonds is 9. The summed E-state index contributed by atoms with van der Waals surface area (Å²) in [5, 5.41) is 0.397. The highest BCUT2D eigenvalue weighted by Gasteiger charge is 2.75. The summed E-state index contributed by atoms with van der Waals surface area (Å²) in [7, 11) is -2.11. The van der Waals surface area contributed by atoms with E-state index in [1.165, 1.54) is 23.5 Å². The Morgan fingerprint density at radius 2 is 1.61 bits per heavy atom. The molecule has 0 radical (unpaired) electrons. The molecule has 1 rings (SSSR count). The van der Waals surface area contributed by atoms with Crippen molar-refractivity contribution in [3.05, 3.63) is 48.8 Å². The topological polar surface area (TPSA) is 29.5 Å². The van der Waals surface area contributed by atoms with Gasteiger partial charge in [0.05, 0.1) is 0 Å². The Morgan fingerprint density at radius 3 is 2.00 bits per heavy atom. The molecule has 0 saturated carbocycles. The van der Waals surface area contributed by atoms with Gasteiger partial charge in [-0.1, -0.05) is 30.1 Å². The molecule has 33 heavy (non-hydrogen) atoms. The second-order valence-electron chi connectivity index (χ2n) is 7.13. The molecule has 0 aromatic heterocycles. The molecule has 0 aliphatic heterocycles. The van der Waals surface area contributed by atoms with Crippen LogP contribution in [0.4, 0.5) is 49.6 Å². The molecule has 0 aliphatic carbocycles. The smallest absolute Gasteiger partial charge is 0.312 e. The Morgan fingerprint density at radius 1 is 1.09 bits per heavy atom. The quantitative estimate of drug-likeness (QED) is 0.339. The molecule has 3 nitrogen and oxygen atoms in total. The standard InChI is InChI=1S/C19H19F10NO2Si/c1-5-33(4,6-2)13-9-7-8-12(10-13)30(3)15(31)17(23,19(27,28)29)14(18(24,25)26)32-16(21,22)11-20/h5-10,14H,1-2,11H2,3-4H3. The van der Waals surface area contributed by atoms with Crippen LogP contribution >= 0.6 is 0 Å². The number of anilines is 1. The van der Waals surface area contributed by atoms with Crippen molar-refractivity contribution >= 4 is 24.9 Å². The van der Waals surface area contributed by atoms with Crippen LogP contribution in [0, 0.1) is 0 Å². The predicted molar refractivity (Wildman–Crippen MR) is 103 cm³/mol. The summed E-state index contributed by atoms with van der Waals surface area (Å²) in [5.41, 5.74) is -3.51. The number of hydrogen-bond donors (Lipinski definition) is 0. The molecule has 1 aromatic rings. The zero-order valence-corrected chi connectivity index (χ0v) is 18.2. The number of alkyl halides is 10. The number of hydrogen-bond acceptors (Lipinski definition) is 2. The minimum atomic E-state index is -6.67. The largest absolute Gasteiger partial charge is 0.434 e. The Kier molecular flexibility index (Phi) is 8.24. The number of nitrogens with zero attached hydrogens (tertiary/aromatic N) is 1. The third kappa shape index (κ3) is 5.77. The highest BCUT2D eigenvalue weighted by Crippen LogP contribution is 2.47. The van der Waals surface area contributed by atoms with E-state index in [1.54, 1.807) is 6.55 Å². The molecule has 0 spiro atoms. The van der Waals surface area contributed by atoms with E-state index in [0.29, 0.717) is 12.2 Å². The van der Waals surface area contributed by atoms with E-state index in [0.717, 1.165) is 12.1 Å². The molecule has 0 saturated heterocycles. The van der Waals surface area contributed by atoms with Gasteiger partial charge in [0.25, 0.3) is 5.91 Å². The lowest BCUT2D eigenvalue weighted by atomic mass is 9.94. The molecular weight excluding hydrogens is 492 g/mol. The van der Waals surface area contributed by atoms with Crippen LogP contribution in [-0.4, -0.2) is 57.9 Å². The monoisotopic (exact) mass is 511 g/mol. The van der Waals surface area contributed by atoms with Gasteiger partial charge in [-0.15, -0.1) is 13.2 Å². The van der Waals surface area contributed by atoms with Gasteiger partial charge in [-0.25, -0.2) is 8.78 Å². The van der Waals surface area contributed by atoms with Gasteiger partial charge < -0.3 is 9.64 Å². The lowest BCUT2D eigenvalue weighted by molar-refractivity contribution is -0.375. The first kappa shape index (κ1) is 28.7. The van der Waals surface area contributed by atoms with E-state index in [9.17, 15) is 44.3 Å². The summed E-state index contributed by atoms with van der Waals surface area (Å²) in [6, 6.07) is 4.80. The van der Waals surface area contributed by atoms with E-state index in [-0.39, 0.29) is 4.90 Å². The van der Waals surface area contributed by atoms with Crippen LogP contribution in [0.3, 0.4) is 0 Å². The van der Waals surface area contributed by atoms with E-state index in [2.05, 4.69) is 17.9 Å². The molecule has 2 atom stereocenters. The van der Waals surface area contributed by atoms with Gasteiger partial charge >= 0.3 is 24.1 Å². The summed E-state index contributed by atoms with van der Waals surface area (Å²) < 4.78 is 137. The lowest BCUT2D eigenvalue weighted by Gasteiger charge is -2.38. The van der Waals surface area contributed by atoms with Crippen molar-refractivity contribution in [2.24, 2.45) is 0 Å². The molecule has 0 N–H and O–H groups in total. The summed E-state index contributed by atoms with van der Waals surface area (Å²) in [6.45, 7) is 5.92. The fraction of sp³-hybridized carbons (Fsp3) is 0.421. The lowest BCUT2D eigenvalue weighted by Crippen LogP contribution is -2.67. The van der Waals surface area contributed by atoms with Crippen LogP contribution in [0.1, 0.15) is 0 Å². The number of carbonyl (C=O) groups is 1. The molecule has 1 aromatic carbocycles. The molecule has 2 unspecified atom stereocenters. The maximum absolute atomic E-state index is 15.1. The minimum absolute atomic E-state index is 0.117. The third-order valence-electron chi connectivity index (χ3n) is 4.84. The Bertz CT molecular complexity index is 878. The van der Waals surface area contributed by atoms with Gasteiger partial charge in [-0.2, -0.15) is 35.1 Å². The highest BCUT2D eigenvalue weighted by atomic mass is 28.3. The molecule has 0 fully saturated rings. The van der Waals surface area contributed by atoms with Gasteiger partial charge in [-0.3, -0.25) is 4.79 Å². The molecule has 1 amide bonds. The second-order valence-corrected chi connectivity index (χ2v) is 11.1. The zero-order valence-electron chi connectivity index (χ0n) is 17.2. The van der Waals surface area contributed by atoms with E-state index < -0.39 is 56.6 Å². The van der Waals surface area contributed by atoms with Crippen LogP contribution in [0.25, 0.3) is 0 Å². The Hall–Kier alpha value is -2.35. The number of carbonyl (C=O) groups excluding carboxylic acids is 1. The van der Waals surface area contributed by atoms with Gasteiger partial charge in [0.1, 0.15) is 8.07 Å². The molecule has 0 bridgehead atoms. The van der Waals surface area contributed by atoms with Gasteiger partial charge in [-0.05, 0) is 17.3 Å². The summed E-state index contributed by atoms with van der Waals surface area (Å²) >= 11 is 0. The Labute approximate surface area is 183 Å². The van der Waals surface area contributed by atoms with E-state index >= 15 is 4.39 Å². The number of amides is 1. The summed E-state index contributed by atoms with van der Waals surface area (Å²) in [5.74, 6) is -2.90. The van der Waals surface area contributed by atoms with E-state index in [4.69, 9.17) is 0 Å². The first-order valence-corrected chi connectivity index (χ1v) is 11.6. The van der Waals surface area contributed by atoms with Crippen molar-refractivity contribution in [3.63, 3.8) is 0 Å². The number of ether oxygens (including phenoxy) is 1. The van der Waals surface area contributed by atoms with Gasteiger partial charge in [0, 0.05) is 12.7 Å². The number of benzene rings is 1. The molecule has 0 aliphatic rings. The van der Waals surface area contributed by atoms with Crippen LogP contribution in [0.15, 0.2) is 48.8 Å². The average molecular weight is 511 g/mol. The fourth-order valence-electron chi connectivity index (χ4n) is 2.69. The number of halogens is 10. The normalized spacial score (nSPS) is 16.0. The fourth-order valence-corrected chi connectivity index (χ4v) is 4.24. The molecule has 186 valence electrons. The maximum Gasteiger partial charge on any atom is 0.434 e. The third-order valence-corrected chi connectivity index (χ3v) is 8.09. The molecule has 14 heteroatoms. The SMILES string of the molecule is C=C[Si](C)(C=C)c1cccc(N(C)C(=O)C(F)(C(OC(F)(F)CF)C(F)(F)F)C(F)(F)F)c1. The summed E-state index contributed by atoms with van der Waals surface area (Å²) in [6.07, 6.45) is -23.7. The molecular formula is C19H19F10NO2Si. The predicted octanol–water partition coefficient (Wildman–Crippen LogP) is 5.17. The van der Waals surface area contributed by atoms with Crippen LogP contribution < -0.4 is 10.1 Å². The summed E-state index contributed by atoms with van der Waals surface area (Å²) in [4.78, 5) is 12.3. The first-order chi connectivity index (χ1) is 14.8. The first-order valence-electron chi connectivity index (χ1n) is 8.90. The van der Waals surface area contributed by atoms with Gasteiger partial charge in [0.2, 0.25) is 6.10 Å². The van der Waals surface area contributed by atoms with Gasteiger partial charge in [0.15, 0.2) is 6.67 Å². The van der Waals surface area contributed by atoms with Crippen molar-refractivity contribution < 1.29 is 53.4 Å². The Balaban J connectivity index is 3.66. The minimum Gasteiger partial charge on any atom is -0.312 e. The highest BCUT2D eigenvalue weighted by molar-refractivity contribution is 6.98. The van der Waals surface area contributed by atoms with Crippen LogP contribution in [0.2, 0.25) is 6.55 Å². The van der Waals surface area contributed by atoms with Crippen LogP contribution in [0.5, 0.6) is 0 Å². The molecule has 0 heterocycles.